The molecule has 0 fully saturated rings. The summed E-state index contributed by atoms with van der Waals surface area (Å²) in [6.07, 6.45) is 2.39. The minimum atomic E-state index is -0.264. The number of anilines is 1. The molecular formula is C24H24N4O2. The fourth-order valence-corrected chi connectivity index (χ4v) is 3.67. The second kappa shape index (κ2) is 7.99. The molecule has 0 unspecified atom stereocenters. The zero-order chi connectivity index (χ0) is 21.3. The number of nitrogens with zero attached hydrogens (tertiary/aromatic N) is 3. The Morgan fingerprint density at radius 2 is 1.73 bits per heavy atom. The molecule has 2 heterocycles. The lowest BCUT2D eigenvalue weighted by Gasteiger charge is -2.09. The molecule has 0 aliphatic rings. The molecule has 6 heteroatoms. The van der Waals surface area contributed by atoms with Crippen molar-refractivity contribution in [2.75, 3.05) is 5.32 Å². The molecule has 0 aliphatic carbocycles. The van der Waals surface area contributed by atoms with Gasteiger partial charge in [0.2, 0.25) is 5.91 Å². The summed E-state index contributed by atoms with van der Waals surface area (Å²) in [4.78, 5) is 30.2. The topological polar surface area (TPSA) is 68.9 Å². The summed E-state index contributed by atoms with van der Waals surface area (Å²) in [5.41, 5.74) is 5.08. The number of aryl methyl sites for hydroxylation is 2. The molecule has 0 spiro atoms. The van der Waals surface area contributed by atoms with E-state index >= 15 is 0 Å². The summed E-state index contributed by atoms with van der Waals surface area (Å²) in [7, 11) is 0. The van der Waals surface area contributed by atoms with E-state index in [1.165, 1.54) is 16.5 Å². The summed E-state index contributed by atoms with van der Waals surface area (Å²) in [6, 6.07) is 17.5. The fourth-order valence-electron chi connectivity index (χ4n) is 3.67. The molecule has 0 saturated carbocycles. The van der Waals surface area contributed by atoms with Gasteiger partial charge in [0, 0.05) is 17.1 Å². The summed E-state index contributed by atoms with van der Waals surface area (Å²) >= 11 is 0. The average Bonchev–Trinajstić information content (AvgIpc) is 3.02. The van der Waals surface area contributed by atoms with E-state index in [9.17, 15) is 9.59 Å². The molecular weight excluding hydrogens is 376 g/mol. The molecule has 4 rings (SSSR count). The molecule has 0 saturated heterocycles. The molecule has 1 N–H and O–H groups in total. The first-order valence-electron chi connectivity index (χ1n) is 10.0. The Balaban J connectivity index is 1.66. The van der Waals surface area contributed by atoms with Crippen LogP contribution in [0.4, 0.5) is 5.69 Å². The molecule has 2 aromatic heterocycles. The highest BCUT2D eigenvalue weighted by Crippen LogP contribution is 2.24. The molecule has 0 aliphatic heterocycles. The lowest BCUT2D eigenvalue weighted by atomic mass is 10.1. The second-order valence-corrected chi connectivity index (χ2v) is 7.36. The van der Waals surface area contributed by atoms with Crippen molar-refractivity contribution in [2.24, 2.45) is 0 Å². The summed E-state index contributed by atoms with van der Waals surface area (Å²) in [5, 5.41) is 3.38. The van der Waals surface area contributed by atoms with E-state index < -0.39 is 0 Å². The third-order valence-corrected chi connectivity index (χ3v) is 5.46. The van der Waals surface area contributed by atoms with Crippen molar-refractivity contribution in [1.29, 1.82) is 0 Å². The van der Waals surface area contributed by atoms with E-state index in [1.54, 1.807) is 0 Å². The number of nitrogens with one attached hydrogen (secondary N) is 1. The van der Waals surface area contributed by atoms with Gasteiger partial charge in [-0.15, -0.1) is 0 Å². The van der Waals surface area contributed by atoms with Gasteiger partial charge in [-0.1, -0.05) is 37.3 Å². The van der Waals surface area contributed by atoms with Gasteiger partial charge < -0.3 is 5.32 Å². The van der Waals surface area contributed by atoms with Crippen LogP contribution >= 0.6 is 0 Å². The second-order valence-electron chi connectivity index (χ2n) is 7.36. The standard InChI is InChI=1S/C24H24N4O2/c1-4-18-10-12-19(13-11-18)26-21(29)14-27-15-25-23-22(24(27)30)16(2)17(3)28(23)20-8-6-5-7-9-20/h5-13,15H,4,14H2,1-3H3,(H,26,29). The Bertz CT molecular complexity index is 1270. The van der Waals surface area contributed by atoms with Crippen LogP contribution in [0.1, 0.15) is 23.7 Å². The number of hydrogen-bond acceptors (Lipinski definition) is 3. The maximum atomic E-state index is 13.1. The van der Waals surface area contributed by atoms with Crippen molar-refractivity contribution in [1.82, 2.24) is 14.1 Å². The van der Waals surface area contributed by atoms with Crippen LogP contribution in [-0.2, 0) is 17.8 Å². The molecule has 0 radical (unpaired) electrons. The molecule has 30 heavy (non-hydrogen) atoms. The van der Waals surface area contributed by atoms with Crippen molar-refractivity contribution in [3.63, 3.8) is 0 Å². The van der Waals surface area contributed by atoms with Crippen LogP contribution in [0.25, 0.3) is 16.7 Å². The number of carbonyl (C=O) groups excluding carboxylic acids is 1. The van der Waals surface area contributed by atoms with Crippen LogP contribution < -0.4 is 10.9 Å². The predicted molar refractivity (Wildman–Crippen MR) is 119 cm³/mol. The van der Waals surface area contributed by atoms with Crippen molar-refractivity contribution in [3.05, 3.63) is 88.1 Å². The number of aromatic nitrogens is 3. The number of fused-ring (bicyclic) bond motifs is 1. The molecule has 1 amide bonds. The van der Waals surface area contributed by atoms with Crippen LogP contribution in [0.15, 0.2) is 65.7 Å². The zero-order valence-corrected chi connectivity index (χ0v) is 17.3. The van der Waals surface area contributed by atoms with Gasteiger partial charge in [-0.2, -0.15) is 0 Å². The molecule has 0 atom stereocenters. The molecule has 152 valence electrons. The Morgan fingerprint density at radius 1 is 1.03 bits per heavy atom. The quantitative estimate of drug-likeness (QED) is 0.550. The van der Waals surface area contributed by atoms with Gasteiger partial charge in [0.05, 0.1) is 5.39 Å². The Labute approximate surface area is 174 Å². The van der Waals surface area contributed by atoms with E-state index in [0.717, 1.165) is 23.4 Å². The van der Waals surface area contributed by atoms with E-state index in [-0.39, 0.29) is 18.0 Å². The molecule has 6 nitrogen and oxygen atoms in total. The van der Waals surface area contributed by atoms with Gasteiger partial charge in [-0.05, 0) is 55.7 Å². The van der Waals surface area contributed by atoms with Crippen LogP contribution in [0.2, 0.25) is 0 Å². The summed E-state index contributed by atoms with van der Waals surface area (Å²) in [5.74, 6) is -0.264. The smallest absolute Gasteiger partial charge is 0.263 e. The van der Waals surface area contributed by atoms with Crippen molar-refractivity contribution < 1.29 is 4.79 Å². The number of amides is 1. The number of hydrogen-bond donors (Lipinski definition) is 1. The van der Waals surface area contributed by atoms with E-state index in [2.05, 4.69) is 17.2 Å². The lowest BCUT2D eigenvalue weighted by Crippen LogP contribution is -2.28. The highest BCUT2D eigenvalue weighted by molar-refractivity contribution is 5.91. The maximum absolute atomic E-state index is 13.1. The first-order valence-corrected chi connectivity index (χ1v) is 10.0. The van der Waals surface area contributed by atoms with Crippen molar-refractivity contribution in [3.8, 4) is 5.69 Å². The van der Waals surface area contributed by atoms with E-state index in [1.807, 2.05) is 73.0 Å². The minimum absolute atomic E-state index is 0.0910. The summed E-state index contributed by atoms with van der Waals surface area (Å²) < 4.78 is 3.34. The van der Waals surface area contributed by atoms with Crippen LogP contribution in [-0.4, -0.2) is 20.0 Å². The van der Waals surface area contributed by atoms with Gasteiger partial charge in [0.1, 0.15) is 12.9 Å². The molecule has 2 aromatic carbocycles. The molecule has 4 aromatic rings. The number of carbonyl (C=O) groups is 1. The number of rotatable bonds is 5. The first kappa shape index (κ1) is 19.6. The Kier molecular flexibility index (Phi) is 5.23. The highest BCUT2D eigenvalue weighted by atomic mass is 16.2. The number of para-hydroxylation sites is 1. The minimum Gasteiger partial charge on any atom is -0.325 e. The largest absolute Gasteiger partial charge is 0.325 e. The highest BCUT2D eigenvalue weighted by Gasteiger charge is 2.18. The van der Waals surface area contributed by atoms with Gasteiger partial charge >= 0.3 is 0 Å². The van der Waals surface area contributed by atoms with Crippen LogP contribution in [0.3, 0.4) is 0 Å². The van der Waals surface area contributed by atoms with E-state index in [4.69, 9.17) is 0 Å². The third kappa shape index (κ3) is 3.52. The average molecular weight is 400 g/mol. The van der Waals surface area contributed by atoms with Crippen LogP contribution in [0.5, 0.6) is 0 Å². The predicted octanol–water partition coefficient (Wildman–Crippen LogP) is 4.01. The first-order chi connectivity index (χ1) is 14.5. The number of benzene rings is 2. The SMILES string of the molecule is CCc1ccc(NC(=O)Cn2cnc3c(c(C)c(C)n3-c3ccccc3)c2=O)cc1. The normalized spacial score (nSPS) is 11.0. The zero-order valence-electron chi connectivity index (χ0n) is 17.3. The van der Waals surface area contributed by atoms with Gasteiger partial charge in [0.25, 0.3) is 5.56 Å². The third-order valence-electron chi connectivity index (χ3n) is 5.46. The van der Waals surface area contributed by atoms with Crippen molar-refractivity contribution in [2.45, 2.75) is 33.7 Å². The molecule has 0 bridgehead atoms. The van der Waals surface area contributed by atoms with Crippen LogP contribution in [0, 0.1) is 13.8 Å². The Morgan fingerprint density at radius 3 is 2.40 bits per heavy atom. The van der Waals surface area contributed by atoms with Gasteiger partial charge in [0.15, 0.2) is 5.65 Å². The van der Waals surface area contributed by atoms with Gasteiger partial charge in [-0.25, -0.2) is 4.98 Å². The van der Waals surface area contributed by atoms with Gasteiger partial charge in [-0.3, -0.25) is 18.7 Å². The Hall–Kier alpha value is -3.67. The lowest BCUT2D eigenvalue weighted by molar-refractivity contribution is -0.116. The summed E-state index contributed by atoms with van der Waals surface area (Å²) in [6.45, 7) is 5.88. The van der Waals surface area contributed by atoms with E-state index in [0.29, 0.717) is 16.7 Å². The maximum Gasteiger partial charge on any atom is 0.263 e. The monoisotopic (exact) mass is 400 g/mol. The fraction of sp³-hybridized carbons (Fsp3) is 0.208. The van der Waals surface area contributed by atoms with Crippen molar-refractivity contribution >= 4 is 22.6 Å².